The van der Waals surface area contributed by atoms with Crippen LogP contribution in [0, 0.1) is 11.6 Å². The first-order valence-corrected chi connectivity index (χ1v) is 11.4. The van der Waals surface area contributed by atoms with Gasteiger partial charge in [-0.2, -0.15) is 0 Å². The predicted molar refractivity (Wildman–Crippen MR) is 128 cm³/mol. The number of hydrogen-bond donors (Lipinski definition) is 1. The lowest BCUT2D eigenvalue weighted by Crippen LogP contribution is -2.38. The summed E-state index contributed by atoms with van der Waals surface area (Å²) in [6.07, 6.45) is 2.31. The summed E-state index contributed by atoms with van der Waals surface area (Å²) in [7, 11) is 0. The van der Waals surface area contributed by atoms with E-state index in [-0.39, 0.29) is 11.6 Å². The molecule has 7 heteroatoms. The molecule has 0 aliphatic carbocycles. The monoisotopic (exact) mass is 465 g/mol. The highest BCUT2D eigenvalue weighted by atomic mass is 19.1. The molecule has 0 unspecified atom stereocenters. The molecule has 34 heavy (non-hydrogen) atoms. The van der Waals surface area contributed by atoms with Gasteiger partial charge in [-0.25, -0.2) is 8.78 Å². The van der Waals surface area contributed by atoms with Crippen molar-refractivity contribution in [1.29, 1.82) is 0 Å². The number of nitrogens with one attached hydrogen (secondary N) is 1. The van der Waals surface area contributed by atoms with E-state index in [0.717, 1.165) is 60.9 Å². The number of morpholine rings is 1. The lowest BCUT2D eigenvalue weighted by atomic mass is 10.1. The van der Waals surface area contributed by atoms with Gasteiger partial charge < -0.3 is 14.8 Å². The molecule has 178 valence electrons. The average Bonchev–Trinajstić information content (AvgIpc) is 2.84. The number of hydrogen-bond acceptors (Lipinski definition) is 5. The molecule has 0 bridgehead atoms. The predicted octanol–water partition coefficient (Wildman–Crippen LogP) is 4.58. The summed E-state index contributed by atoms with van der Waals surface area (Å²) < 4.78 is 38.3. The van der Waals surface area contributed by atoms with Crippen LogP contribution in [0.1, 0.15) is 11.3 Å². The standard InChI is InChI=1S/C27H29F2N3O2/c1-20(14-26-7-4-23(19-31-26)22-2-5-24(28)6-3-22)30-18-21-15-25(29)17-27(16-21)34-13-10-32-8-11-33-12-9-32/h2-7,15-17,19,30H,1,8-14,18H2. The van der Waals surface area contributed by atoms with E-state index in [2.05, 4.69) is 21.8 Å². The largest absolute Gasteiger partial charge is 0.492 e. The van der Waals surface area contributed by atoms with Gasteiger partial charge in [0.15, 0.2) is 0 Å². The molecule has 1 aliphatic heterocycles. The van der Waals surface area contributed by atoms with Crippen LogP contribution in [0.25, 0.3) is 11.1 Å². The molecule has 4 rings (SSSR count). The second kappa shape index (κ2) is 11.7. The molecule has 2 heterocycles. The smallest absolute Gasteiger partial charge is 0.127 e. The Morgan fingerprint density at radius 1 is 1.00 bits per heavy atom. The minimum atomic E-state index is -0.329. The van der Waals surface area contributed by atoms with E-state index in [0.29, 0.717) is 25.3 Å². The van der Waals surface area contributed by atoms with E-state index in [9.17, 15) is 8.78 Å². The van der Waals surface area contributed by atoms with Crippen molar-refractivity contribution in [3.63, 3.8) is 0 Å². The van der Waals surface area contributed by atoms with Crippen molar-refractivity contribution in [2.24, 2.45) is 0 Å². The van der Waals surface area contributed by atoms with Crippen molar-refractivity contribution in [3.8, 4) is 16.9 Å². The molecule has 5 nitrogen and oxygen atoms in total. The third-order valence-electron chi connectivity index (χ3n) is 5.65. The van der Waals surface area contributed by atoms with Gasteiger partial charge in [-0.05, 0) is 41.5 Å². The molecular formula is C27H29F2N3O2. The zero-order chi connectivity index (χ0) is 23.8. The maximum absolute atomic E-state index is 14.1. The Bertz CT molecular complexity index is 1080. The van der Waals surface area contributed by atoms with Crippen molar-refractivity contribution in [2.75, 3.05) is 39.5 Å². The van der Waals surface area contributed by atoms with Crippen molar-refractivity contribution in [1.82, 2.24) is 15.2 Å². The van der Waals surface area contributed by atoms with Gasteiger partial charge in [0.05, 0.1) is 13.2 Å². The normalized spacial score (nSPS) is 14.1. The number of allylic oxidation sites excluding steroid dienone is 1. The van der Waals surface area contributed by atoms with Gasteiger partial charge in [-0.15, -0.1) is 0 Å². The number of benzene rings is 2. The van der Waals surface area contributed by atoms with Gasteiger partial charge in [0.1, 0.15) is 24.0 Å². The molecule has 1 saturated heterocycles. The Kier molecular flexibility index (Phi) is 8.22. The Morgan fingerprint density at radius 3 is 2.50 bits per heavy atom. The molecule has 0 radical (unpaired) electrons. The number of pyridine rings is 1. The van der Waals surface area contributed by atoms with E-state index < -0.39 is 0 Å². The molecule has 1 aromatic heterocycles. The fourth-order valence-corrected chi connectivity index (χ4v) is 3.77. The maximum Gasteiger partial charge on any atom is 0.127 e. The lowest BCUT2D eigenvalue weighted by molar-refractivity contribution is 0.0322. The van der Waals surface area contributed by atoms with E-state index in [1.54, 1.807) is 18.3 Å². The van der Waals surface area contributed by atoms with Crippen LogP contribution in [0.4, 0.5) is 8.78 Å². The second-order valence-electron chi connectivity index (χ2n) is 8.28. The quantitative estimate of drug-likeness (QED) is 0.475. The van der Waals surface area contributed by atoms with Crippen LogP contribution in [0.2, 0.25) is 0 Å². The second-order valence-corrected chi connectivity index (χ2v) is 8.28. The highest BCUT2D eigenvalue weighted by Crippen LogP contribution is 2.20. The van der Waals surface area contributed by atoms with E-state index in [1.807, 2.05) is 18.2 Å². The summed E-state index contributed by atoms with van der Waals surface area (Å²) in [6, 6.07) is 14.9. The summed E-state index contributed by atoms with van der Waals surface area (Å²) in [5, 5.41) is 3.24. The van der Waals surface area contributed by atoms with Crippen LogP contribution in [0.15, 0.2) is 73.1 Å². The molecular weight excluding hydrogens is 436 g/mol. The van der Waals surface area contributed by atoms with Crippen LogP contribution in [-0.4, -0.2) is 49.3 Å². The van der Waals surface area contributed by atoms with Gasteiger partial charge >= 0.3 is 0 Å². The van der Waals surface area contributed by atoms with Gasteiger partial charge in [-0.1, -0.05) is 24.8 Å². The first kappa shape index (κ1) is 23.9. The Morgan fingerprint density at radius 2 is 1.76 bits per heavy atom. The molecule has 1 aliphatic rings. The number of ether oxygens (including phenoxy) is 2. The van der Waals surface area contributed by atoms with Crippen LogP contribution in [0.5, 0.6) is 5.75 Å². The third kappa shape index (κ3) is 7.10. The molecule has 1 fully saturated rings. The Labute approximate surface area is 199 Å². The maximum atomic E-state index is 14.1. The van der Waals surface area contributed by atoms with Crippen LogP contribution in [0.3, 0.4) is 0 Å². The van der Waals surface area contributed by atoms with E-state index in [1.165, 1.54) is 24.3 Å². The first-order valence-electron chi connectivity index (χ1n) is 11.4. The topological polar surface area (TPSA) is 46.6 Å². The highest BCUT2D eigenvalue weighted by molar-refractivity contribution is 5.62. The fraction of sp³-hybridized carbons (Fsp3) is 0.296. The molecule has 1 N–H and O–H groups in total. The average molecular weight is 466 g/mol. The van der Waals surface area contributed by atoms with Gasteiger partial charge in [0.25, 0.3) is 0 Å². The Balaban J connectivity index is 1.25. The Hall–Kier alpha value is -3.29. The van der Waals surface area contributed by atoms with Crippen LogP contribution < -0.4 is 10.1 Å². The number of rotatable bonds is 10. The zero-order valence-corrected chi connectivity index (χ0v) is 19.1. The first-order chi connectivity index (χ1) is 16.5. The van der Waals surface area contributed by atoms with Crippen molar-refractivity contribution >= 4 is 0 Å². The number of aromatic nitrogens is 1. The molecule has 3 aromatic rings. The SMILES string of the molecule is C=C(Cc1ccc(-c2ccc(F)cc2)cn1)NCc1cc(F)cc(OCCN2CCOCC2)c1. The summed E-state index contributed by atoms with van der Waals surface area (Å²) >= 11 is 0. The summed E-state index contributed by atoms with van der Waals surface area (Å²) in [4.78, 5) is 6.76. The van der Waals surface area contributed by atoms with Crippen LogP contribution in [-0.2, 0) is 17.7 Å². The van der Waals surface area contributed by atoms with Crippen molar-refractivity contribution in [2.45, 2.75) is 13.0 Å². The van der Waals surface area contributed by atoms with Crippen molar-refractivity contribution < 1.29 is 18.3 Å². The molecule has 0 spiro atoms. The highest BCUT2D eigenvalue weighted by Gasteiger charge is 2.10. The van der Waals surface area contributed by atoms with Crippen molar-refractivity contribution in [3.05, 3.63) is 96.0 Å². The number of halogens is 2. The summed E-state index contributed by atoms with van der Waals surface area (Å²) in [5.74, 6) is -0.0706. The van der Waals surface area contributed by atoms with E-state index >= 15 is 0 Å². The fourth-order valence-electron chi connectivity index (χ4n) is 3.77. The van der Waals surface area contributed by atoms with Gasteiger partial charge in [0, 0.05) is 61.8 Å². The zero-order valence-electron chi connectivity index (χ0n) is 19.1. The molecule has 0 amide bonds. The molecule has 0 saturated carbocycles. The van der Waals surface area contributed by atoms with Crippen LogP contribution >= 0.6 is 0 Å². The molecule has 2 aromatic carbocycles. The lowest BCUT2D eigenvalue weighted by Gasteiger charge is -2.26. The molecule has 0 atom stereocenters. The minimum Gasteiger partial charge on any atom is -0.492 e. The third-order valence-corrected chi connectivity index (χ3v) is 5.65. The summed E-state index contributed by atoms with van der Waals surface area (Å²) in [5.41, 5.74) is 4.24. The van der Waals surface area contributed by atoms with E-state index in [4.69, 9.17) is 9.47 Å². The summed E-state index contributed by atoms with van der Waals surface area (Å²) in [6.45, 7) is 9.07. The van der Waals surface area contributed by atoms with Gasteiger partial charge in [-0.3, -0.25) is 9.88 Å². The minimum absolute atomic E-state index is 0.263. The van der Waals surface area contributed by atoms with Gasteiger partial charge in [0.2, 0.25) is 0 Å². The number of nitrogens with zero attached hydrogens (tertiary/aromatic N) is 2.